The summed E-state index contributed by atoms with van der Waals surface area (Å²) in [6.45, 7) is 4.02. The number of benzene rings is 3. The van der Waals surface area contributed by atoms with Crippen LogP contribution in [0.2, 0.25) is 0 Å². The van der Waals surface area contributed by atoms with E-state index in [-0.39, 0.29) is 11.8 Å². The molecule has 3 aromatic rings. The highest BCUT2D eigenvalue weighted by molar-refractivity contribution is 7.85. The third-order valence-electron chi connectivity index (χ3n) is 5.07. The molecule has 0 radical (unpaired) electrons. The molecule has 4 rings (SSSR count). The second-order valence-electron chi connectivity index (χ2n) is 6.91. The highest BCUT2D eigenvalue weighted by atomic mass is 32.2. The van der Waals surface area contributed by atoms with Crippen LogP contribution in [0.25, 0.3) is 0 Å². The van der Waals surface area contributed by atoms with E-state index in [4.69, 9.17) is 0 Å². The zero-order chi connectivity index (χ0) is 19.0. The molecule has 1 saturated heterocycles. The summed E-state index contributed by atoms with van der Waals surface area (Å²) in [4.78, 5) is 0.752. The Balaban J connectivity index is 1.75. The zero-order valence-corrected chi connectivity index (χ0v) is 17.1. The Morgan fingerprint density at radius 1 is 0.815 bits per heavy atom. The third-order valence-corrected chi connectivity index (χ3v) is 10.4. The van der Waals surface area contributed by atoms with E-state index in [2.05, 4.69) is 0 Å². The van der Waals surface area contributed by atoms with E-state index < -0.39 is 18.1 Å². The second kappa shape index (κ2) is 7.20. The largest absolute Gasteiger partial charge is 0.312 e. The minimum atomic E-state index is -2.95. The van der Waals surface area contributed by atoms with E-state index in [0.717, 1.165) is 21.1 Å². The number of rotatable bonds is 5. The summed E-state index contributed by atoms with van der Waals surface area (Å²) in [6, 6.07) is 26.9. The Labute approximate surface area is 163 Å². The molecule has 1 heterocycles. The van der Waals surface area contributed by atoms with Gasteiger partial charge in [0.05, 0.1) is 4.90 Å². The van der Waals surface area contributed by atoms with Crippen molar-refractivity contribution in [2.75, 3.05) is 0 Å². The molecule has 0 aromatic heterocycles. The first-order valence-electron chi connectivity index (χ1n) is 9.01. The van der Waals surface area contributed by atoms with Gasteiger partial charge in [0.2, 0.25) is 0 Å². The lowest BCUT2D eigenvalue weighted by atomic mass is 10.2. The number of aryl methyl sites for hydroxylation is 1. The summed E-state index contributed by atoms with van der Waals surface area (Å²) in [7, 11) is -4.27. The molecule has 0 saturated carbocycles. The maximum atomic E-state index is 14.4. The quantitative estimate of drug-likeness (QED) is 0.483. The van der Waals surface area contributed by atoms with Gasteiger partial charge in [0.25, 0.3) is 0 Å². The van der Waals surface area contributed by atoms with E-state index in [1.807, 2.05) is 103 Å². The van der Waals surface area contributed by atoms with Crippen molar-refractivity contribution in [3.8, 4) is 0 Å². The Kier molecular flexibility index (Phi) is 4.90. The topological polar surface area (TPSA) is 37.1 Å². The lowest BCUT2D eigenvalue weighted by Gasteiger charge is -2.19. The summed E-state index contributed by atoms with van der Waals surface area (Å²) in [5.41, 5.74) is 1.13. The Morgan fingerprint density at radius 2 is 1.30 bits per heavy atom. The molecule has 2 unspecified atom stereocenters. The van der Waals surface area contributed by atoms with E-state index >= 15 is 0 Å². The Morgan fingerprint density at radius 3 is 1.78 bits per heavy atom. The molecule has 0 aliphatic carbocycles. The average molecular weight is 395 g/mol. The first-order chi connectivity index (χ1) is 13.0. The maximum Gasteiger partial charge on any atom is 0.162 e. The molecule has 4 atom stereocenters. The van der Waals surface area contributed by atoms with Crippen molar-refractivity contribution in [2.24, 2.45) is 0 Å². The lowest BCUT2D eigenvalue weighted by molar-refractivity contribution is 0.582. The van der Waals surface area contributed by atoms with Gasteiger partial charge >= 0.3 is 0 Å². The van der Waals surface area contributed by atoms with Crippen molar-refractivity contribution in [1.82, 2.24) is 4.31 Å². The first kappa shape index (κ1) is 18.4. The molecule has 1 aliphatic rings. The number of nitrogens with zero attached hydrogens (tertiary/aromatic N) is 1. The lowest BCUT2D eigenvalue weighted by Crippen LogP contribution is -2.22. The minimum Gasteiger partial charge on any atom is -0.312 e. The van der Waals surface area contributed by atoms with Crippen LogP contribution in [0.4, 0.5) is 0 Å². The fraction of sp³-hybridized carbons (Fsp3) is 0.182. The summed E-state index contributed by atoms with van der Waals surface area (Å²) in [5.74, 6) is -0.260. The summed E-state index contributed by atoms with van der Waals surface area (Å²) in [6.07, 6.45) is 0. The molecule has 138 valence electrons. The van der Waals surface area contributed by atoms with Gasteiger partial charge in [-0.2, -0.15) is 0 Å². The van der Waals surface area contributed by atoms with E-state index in [9.17, 15) is 8.77 Å². The van der Waals surface area contributed by atoms with Gasteiger partial charge in [0.1, 0.15) is 16.8 Å². The second-order valence-corrected chi connectivity index (χ2v) is 11.2. The predicted molar refractivity (Wildman–Crippen MR) is 112 cm³/mol. The minimum absolute atomic E-state index is 0.0154. The molecule has 27 heavy (non-hydrogen) atoms. The van der Waals surface area contributed by atoms with Gasteiger partial charge in [-0.05, 0) is 26.0 Å². The van der Waals surface area contributed by atoms with Crippen LogP contribution < -0.4 is 10.6 Å². The fourth-order valence-electron chi connectivity index (χ4n) is 3.55. The third kappa shape index (κ3) is 3.23. The van der Waals surface area contributed by atoms with Gasteiger partial charge in [0.15, 0.2) is 7.14 Å². The molecule has 1 fully saturated rings. The highest BCUT2D eigenvalue weighted by Crippen LogP contribution is 2.60. The standard InChI is InChI=1S/C22H22NO2PS/c1-17-13-15-21(16-14-17)27(25)23-18(2)22(23)26(24,19-9-5-3-6-10-19)20-11-7-4-8-12-20/h3-16,18,22H,1-2H3/t18-,22+,23?,27?/m1/s1. The Hall–Kier alpha value is -2.00. The van der Waals surface area contributed by atoms with Crippen molar-refractivity contribution >= 4 is 28.7 Å². The normalized spacial score (nSPS) is 23.0. The van der Waals surface area contributed by atoms with Crippen LogP contribution in [0.5, 0.6) is 0 Å². The highest BCUT2D eigenvalue weighted by Gasteiger charge is 2.59. The van der Waals surface area contributed by atoms with Crippen LogP contribution in [0.3, 0.4) is 0 Å². The summed E-state index contributed by atoms with van der Waals surface area (Å²) < 4.78 is 29.5. The fourth-order valence-corrected chi connectivity index (χ4v) is 8.99. The molecule has 3 nitrogen and oxygen atoms in total. The first-order valence-corrected chi connectivity index (χ1v) is 11.9. The van der Waals surface area contributed by atoms with Crippen LogP contribution >= 0.6 is 7.14 Å². The maximum absolute atomic E-state index is 14.4. The number of hydrogen-bond donors (Lipinski definition) is 0. The molecular weight excluding hydrogens is 373 g/mol. The SMILES string of the molecule is Cc1ccc(S(=O)N2[C@H](C)[C@@H]2P(=O)(c2ccccc2)c2ccccc2)cc1. The van der Waals surface area contributed by atoms with Gasteiger partial charge in [-0.25, -0.2) is 8.51 Å². The van der Waals surface area contributed by atoms with E-state index in [0.29, 0.717) is 0 Å². The molecule has 0 spiro atoms. The molecule has 0 amide bonds. The predicted octanol–water partition coefficient (Wildman–Crippen LogP) is 4.06. The van der Waals surface area contributed by atoms with Crippen LogP contribution in [-0.2, 0) is 15.6 Å². The van der Waals surface area contributed by atoms with Crippen molar-refractivity contribution in [1.29, 1.82) is 0 Å². The van der Waals surface area contributed by atoms with E-state index in [1.165, 1.54) is 0 Å². The van der Waals surface area contributed by atoms with Gasteiger partial charge in [0, 0.05) is 16.7 Å². The van der Waals surface area contributed by atoms with Gasteiger partial charge in [-0.15, -0.1) is 0 Å². The Bertz CT molecular complexity index is 962. The smallest absolute Gasteiger partial charge is 0.162 e. The van der Waals surface area contributed by atoms with E-state index in [1.54, 1.807) is 0 Å². The van der Waals surface area contributed by atoms with Crippen LogP contribution in [0.1, 0.15) is 12.5 Å². The van der Waals surface area contributed by atoms with Gasteiger partial charge < -0.3 is 4.57 Å². The van der Waals surface area contributed by atoms with Crippen molar-refractivity contribution in [3.05, 3.63) is 90.5 Å². The van der Waals surface area contributed by atoms with Crippen LogP contribution in [0, 0.1) is 6.92 Å². The van der Waals surface area contributed by atoms with Crippen molar-refractivity contribution < 1.29 is 8.77 Å². The monoisotopic (exact) mass is 395 g/mol. The molecule has 1 aliphatic heterocycles. The average Bonchev–Trinajstić information content (AvgIpc) is 3.40. The molecular formula is C22H22NO2PS. The summed E-state index contributed by atoms with van der Waals surface area (Å²) in [5, 5.41) is 1.63. The van der Waals surface area contributed by atoms with Crippen LogP contribution in [0.15, 0.2) is 89.8 Å². The molecule has 3 aromatic carbocycles. The summed E-state index contributed by atoms with van der Waals surface area (Å²) >= 11 is 0. The molecule has 0 N–H and O–H groups in total. The van der Waals surface area contributed by atoms with Gasteiger partial charge in [-0.3, -0.25) is 0 Å². The van der Waals surface area contributed by atoms with Gasteiger partial charge in [-0.1, -0.05) is 78.4 Å². The van der Waals surface area contributed by atoms with Crippen molar-refractivity contribution in [3.63, 3.8) is 0 Å². The number of hydrogen-bond acceptors (Lipinski definition) is 2. The molecule has 5 heteroatoms. The zero-order valence-electron chi connectivity index (χ0n) is 15.4. The molecule has 0 bridgehead atoms. The van der Waals surface area contributed by atoms with Crippen molar-refractivity contribution in [2.45, 2.75) is 30.6 Å². The van der Waals surface area contributed by atoms with Crippen LogP contribution in [-0.4, -0.2) is 20.3 Å².